The number of furan rings is 1. The normalized spacial score (nSPS) is 15.5. The molecule has 2 aromatic carbocycles. The number of hydrogen-bond acceptors (Lipinski definition) is 4. The van der Waals surface area contributed by atoms with Gasteiger partial charge in [0.05, 0.1) is 23.6 Å². The van der Waals surface area contributed by atoms with E-state index in [0.29, 0.717) is 25.4 Å². The third kappa shape index (κ3) is 5.21. The molecule has 5 rings (SSSR count). The number of amides is 2. The van der Waals surface area contributed by atoms with Crippen LogP contribution in [0.25, 0.3) is 16.9 Å². The largest absolute Gasteiger partial charge is 0.459 e. The molecule has 0 radical (unpaired) electrons. The van der Waals surface area contributed by atoms with Crippen LogP contribution < -0.4 is 0 Å². The van der Waals surface area contributed by atoms with Gasteiger partial charge in [-0.25, -0.2) is 4.68 Å². The minimum absolute atomic E-state index is 0.0374. The van der Waals surface area contributed by atoms with Gasteiger partial charge in [-0.1, -0.05) is 30.3 Å². The number of likely N-dealkylation sites (tertiary alicyclic amines) is 1. The highest BCUT2D eigenvalue weighted by atomic mass is 16.3. The molecule has 1 atom stereocenters. The summed E-state index contributed by atoms with van der Waals surface area (Å²) >= 11 is 0. The Bertz CT molecular complexity index is 1390. The number of rotatable bonds is 6. The molecule has 0 aliphatic carbocycles. The molecule has 2 amide bonds. The molecule has 1 fully saturated rings. The Morgan fingerprint density at radius 3 is 2.59 bits per heavy atom. The topological polar surface area (TPSA) is 71.6 Å². The van der Waals surface area contributed by atoms with E-state index in [1.165, 1.54) is 17.4 Å². The van der Waals surface area contributed by atoms with Crippen molar-refractivity contribution in [2.45, 2.75) is 33.2 Å². The molecular formula is C30H32N4O3. The van der Waals surface area contributed by atoms with Crippen molar-refractivity contribution >= 4 is 11.8 Å². The molecule has 1 aliphatic heterocycles. The molecule has 0 spiro atoms. The van der Waals surface area contributed by atoms with Crippen LogP contribution in [0.3, 0.4) is 0 Å². The van der Waals surface area contributed by atoms with Crippen LogP contribution in [0.1, 0.15) is 40.1 Å². The first-order valence-electron chi connectivity index (χ1n) is 12.7. The SMILES string of the molecule is Cc1ccc(-c2nn(-c3ccccc3)cc2CN(C)C(=O)[C@H]2CCCN(C(=O)c3ccco3)C2)cc1C. The van der Waals surface area contributed by atoms with Gasteiger partial charge in [-0.05, 0) is 68.1 Å². The maximum absolute atomic E-state index is 13.5. The first-order chi connectivity index (χ1) is 17.9. The summed E-state index contributed by atoms with van der Waals surface area (Å²) in [5, 5.41) is 4.93. The lowest BCUT2D eigenvalue weighted by Crippen LogP contribution is -2.45. The smallest absolute Gasteiger partial charge is 0.289 e. The molecule has 190 valence electrons. The Labute approximate surface area is 217 Å². The molecule has 1 saturated heterocycles. The fraction of sp³-hybridized carbons (Fsp3) is 0.300. The monoisotopic (exact) mass is 496 g/mol. The number of carbonyl (C=O) groups excluding carboxylic acids is 2. The summed E-state index contributed by atoms with van der Waals surface area (Å²) < 4.78 is 7.16. The Kier molecular flexibility index (Phi) is 6.95. The Morgan fingerprint density at radius 2 is 1.86 bits per heavy atom. The second kappa shape index (κ2) is 10.5. The number of aromatic nitrogens is 2. The number of carbonyl (C=O) groups is 2. The highest BCUT2D eigenvalue weighted by Gasteiger charge is 2.32. The van der Waals surface area contributed by atoms with Crippen LogP contribution in [0.5, 0.6) is 0 Å². The van der Waals surface area contributed by atoms with Crippen molar-refractivity contribution in [3.8, 4) is 16.9 Å². The van der Waals surface area contributed by atoms with Gasteiger partial charge in [0.1, 0.15) is 0 Å². The van der Waals surface area contributed by atoms with Crippen LogP contribution in [-0.4, -0.2) is 51.5 Å². The molecule has 37 heavy (non-hydrogen) atoms. The van der Waals surface area contributed by atoms with Gasteiger partial charge in [0.2, 0.25) is 5.91 Å². The second-order valence-corrected chi connectivity index (χ2v) is 9.84. The van der Waals surface area contributed by atoms with Gasteiger partial charge in [0.25, 0.3) is 5.91 Å². The molecule has 7 heteroatoms. The van der Waals surface area contributed by atoms with Crippen LogP contribution in [0.4, 0.5) is 0 Å². The maximum atomic E-state index is 13.5. The van der Waals surface area contributed by atoms with Gasteiger partial charge in [-0.2, -0.15) is 5.10 Å². The summed E-state index contributed by atoms with van der Waals surface area (Å²) in [5.41, 5.74) is 6.26. The van der Waals surface area contributed by atoms with Gasteiger partial charge in [0, 0.05) is 44.0 Å². The van der Waals surface area contributed by atoms with E-state index < -0.39 is 0 Å². The van der Waals surface area contributed by atoms with E-state index in [9.17, 15) is 9.59 Å². The molecule has 0 bridgehead atoms. The highest BCUT2D eigenvalue weighted by molar-refractivity contribution is 5.92. The van der Waals surface area contributed by atoms with Gasteiger partial charge in [0.15, 0.2) is 5.76 Å². The van der Waals surface area contributed by atoms with Crippen LogP contribution in [0.2, 0.25) is 0 Å². The third-order valence-electron chi connectivity index (χ3n) is 7.16. The van der Waals surface area contributed by atoms with Crippen molar-refractivity contribution in [3.63, 3.8) is 0 Å². The number of para-hydroxylation sites is 1. The summed E-state index contributed by atoms with van der Waals surface area (Å²) in [5.74, 6) is -0.0542. The number of benzene rings is 2. The Morgan fingerprint density at radius 1 is 1.05 bits per heavy atom. The van der Waals surface area contributed by atoms with Gasteiger partial charge >= 0.3 is 0 Å². The van der Waals surface area contributed by atoms with Crippen molar-refractivity contribution in [1.82, 2.24) is 19.6 Å². The Hall–Kier alpha value is -4.13. The van der Waals surface area contributed by atoms with Crippen LogP contribution in [0.15, 0.2) is 77.5 Å². The van der Waals surface area contributed by atoms with Crippen molar-refractivity contribution in [2.24, 2.45) is 5.92 Å². The molecule has 4 aromatic rings. The summed E-state index contributed by atoms with van der Waals surface area (Å²) in [6, 6.07) is 19.7. The number of aryl methyl sites for hydroxylation is 2. The number of piperidine rings is 1. The fourth-order valence-electron chi connectivity index (χ4n) is 4.93. The van der Waals surface area contributed by atoms with E-state index >= 15 is 0 Å². The molecule has 2 aromatic heterocycles. The quantitative estimate of drug-likeness (QED) is 0.365. The summed E-state index contributed by atoms with van der Waals surface area (Å²) in [6.07, 6.45) is 5.06. The zero-order chi connectivity index (χ0) is 25.9. The minimum atomic E-state index is -0.244. The second-order valence-electron chi connectivity index (χ2n) is 9.84. The molecule has 0 N–H and O–H groups in total. The Balaban J connectivity index is 1.38. The molecule has 3 heterocycles. The average molecular weight is 497 g/mol. The molecular weight excluding hydrogens is 464 g/mol. The summed E-state index contributed by atoms with van der Waals surface area (Å²) in [7, 11) is 1.83. The first kappa shape index (κ1) is 24.6. The molecule has 7 nitrogen and oxygen atoms in total. The summed E-state index contributed by atoms with van der Waals surface area (Å²) in [6.45, 7) is 5.65. The lowest BCUT2D eigenvalue weighted by atomic mass is 9.96. The van der Waals surface area contributed by atoms with E-state index in [1.807, 2.05) is 48.3 Å². The van der Waals surface area contributed by atoms with Crippen molar-refractivity contribution in [2.75, 3.05) is 20.1 Å². The van der Waals surface area contributed by atoms with Crippen molar-refractivity contribution < 1.29 is 14.0 Å². The van der Waals surface area contributed by atoms with E-state index in [4.69, 9.17) is 9.52 Å². The predicted octanol–water partition coefficient (Wildman–Crippen LogP) is 5.26. The molecule has 0 unspecified atom stereocenters. The van der Waals surface area contributed by atoms with Gasteiger partial charge in [-0.3, -0.25) is 9.59 Å². The molecule has 1 aliphatic rings. The van der Waals surface area contributed by atoms with Gasteiger partial charge < -0.3 is 14.2 Å². The molecule has 0 saturated carbocycles. The van der Waals surface area contributed by atoms with E-state index in [2.05, 4.69) is 32.0 Å². The minimum Gasteiger partial charge on any atom is -0.459 e. The number of hydrogen-bond donors (Lipinski definition) is 0. The van der Waals surface area contributed by atoms with Crippen LogP contribution >= 0.6 is 0 Å². The summed E-state index contributed by atoms with van der Waals surface area (Å²) in [4.78, 5) is 29.8. The van der Waals surface area contributed by atoms with Crippen molar-refractivity contribution in [1.29, 1.82) is 0 Å². The zero-order valence-corrected chi connectivity index (χ0v) is 21.6. The van der Waals surface area contributed by atoms with Crippen LogP contribution in [-0.2, 0) is 11.3 Å². The third-order valence-corrected chi connectivity index (χ3v) is 7.16. The lowest BCUT2D eigenvalue weighted by Gasteiger charge is -2.33. The van der Waals surface area contributed by atoms with Crippen LogP contribution in [0, 0.1) is 19.8 Å². The van der Waals surface area contributed by atoms with E-state index in [1.54, 1.807) is 21.9 Å². The van der Waals surface area contributed by atoms with E-state index in [-0.39, 0.29) is 17.7 Å². The number of nitrogens with zero attached hydrogens (tertiary/aromatic N) is 4. The zero-order valence-electron chi connectivity index (χ0n) is 21.6. The lowest BCUT2D eigenvalue weighted by molar-refractivity contribution is -0.136. The fourth-order valence-corrected chi connectivity index (χ4v) is 4.93. The predicted molar refractivity (Wildman–Crippen MR) is 142 cm³/mol. The maximum Gasteiger partial charge on any atom is 0.289 e. The van der Waals surface area contributed by atoms with Crippen molar-refractivity contribution in [3.05, 3.63) is 95.6 Å². The average Bonchev–Trinajstić information content (AvgIpc) is 3.61. The standard InChI is InChI=1S/C30H32N4O3/c1-21-13-14-23(17-22(21)2)28-25(20-34(31-28)26-10-5-4-6-11-26)18-32(3)29(35)24-9-7-15-33(19-24)30(36)27-12-8-16-37-27/h4-6,8,10-14,16-17,20,24H,7,9,15,18-19H2,1-3H3/t24-/m0/s1. The first-order valence-corrected chi connectivity index (χ1v) is 12.7. The highest BCUT2D eigenvalue weighted by Crippen LogP contribution is 2.28. The van der Waals surface area contributed by atoms with Gasteiger partial charge in [-0.15, -0.1) is 0 Å². The van der Waals surface area contributed by atoms with E-state index in [0.717, 1.165) is 35.3 Å².